The summed E-state index contributed by atoms with van der Waals surface area (Å²) in [6, 6.07) is 19.2. The van der Waals surface area contributed by atoms with Gasteiger partial charge in [0.05, 0.1) is 18.6 Å². The van der Waals surface area contributed by atoms with Crippen molar-refractivity contribution in [3.8, 4) is 0 Å². The van der Waals surface area contributed by atoms with Crippen molar-refractivity contribution in [1.29, 1.82) is 0 Å². The first-order chi connectivity index (χ1) is 13.3. The largest absolute Gasteiger partial charge is 0.383 e. The number of amides is 1. The Morgan fingerprint density at radius 2 is 1.89 bits per heavy atom. The van der Waals surface area contributed by atoms with E-state index in [0.717, 1.165) is 26.1 Å². The van der Waals surface area contributed by atoms with Gasteiger partial charge >= 0.3 is 0 Å². The first-order valence-electron chi connectivity index (χ1n) is 9.69. The van der Waals surface area contributed by atoms with E-state index in [-0.39, 0.29) is 17.9 Å². The summed E-state index contributed by atoms with van der Waals surface area (Å²) in [5.41, 5.74) is 3.79. The molecule has 1 amide bonds. The van der Waals surface area contributed by atoms with Crippen LogP contribution in [0.4, 0.5) is 11.4 Å². The van der Waals surface area contributed by atoms with Crippen molar-refractivity contribution in [1.82, 2.24) is 5.32 Å². The lowest BCUT2D eigenvalue weighted by Gasteiger charge is -2.49. The number of piperazine rings is 1. The molecule has 4 rings (SSSR count). The van der Waals surface area contributed by atoms with Gasteiger partial charge in [-0.1, -0.05) is 36.4 Å². The Balaban J connectivity index is 1.59. The molecular formula is C22H27N3O2. The summed E-state index contributed by atoms with van der Waals surface area (Å²) < 4.78 is 5.08. The van der Waals surface area contributed by atoms with Crippen LogP contribution < -0.4 is 15.1 Å². The summed E-state index contributed by atoms with van der Waals surface area (Å²) in [7, 11) is 1.66. The van der Waals surface area contributed by atoms with Gasteiger partial charge in [-0.2, -0.15) is 0 Å². The Labute approximate surface area is 160 Å². The number of hydrogen-bond donors (Lipinski definition) is 1. The molecule has 2 aromatic carbocycles. The van der Waals surface area contributed by atoms with E-state index in [9.17, 15) is 4.79 Å². The van der Waals surface area contributed by atoms with Crippen molar-refractivity contribution < 1.29 is 9.53 Å². The van der Waals surface area contributed by atoms with E-state index in [1.165, 1.54) is 16.9 Å². The average molecular weight is 365 g/mol. The van der Waals surface area contributed by atoms with Crippen molar-refractivity contribution in [3.05, 3.63) is 60.2 Å². The highest BCUT2D eigenvalue weighted by atomic mass is 16.5. The third-order valence-corrected chi connectivity index (χ3v) is 5.69. The molecular weight excluding hydrogens is 338 g/mol. The van der Waals surface area contributed by atoms with E-state index in [0.29, 0.717) is 13.2 Å². The number of fused-ring (bicyclic) bond motifs is 3. The molecule has 2 aromatic rings. The quantitative estimate of drug-likeness (QED) is 0.826. The van der Waals surface area contributed by atoms with Gasteiger partial charge in [-0.05, 0) is 30.2 Å². The molecule has 0 spiro atoms. The first-order valence-corrected chi connectivity index (χ1v) is 9.69. The zero-order valence-corrected chi connectivity index (χ0v) is 15.8. The average Bonchev–Trinajstić information content (AvgIpc) is 2.73. The Kier molecular flexibility index (Phi) is 5.30. The van der Waals surface area contributed by atoms with Crippen LogP contribution in [0.2, 0.25) is 0 Å². The fourth-order valence-corrected chi connectivity index (χ4v) is 4.34. The summed E-state index contributed by atoms with van der Waals surface area (Å²) >= 11 is 0. The van der Waals surface area contributed by atoms with Gasteiger partial charge in [-0.25, -0.2) is 0 Å². The Bertz CT molecular complexity index is 780. The molecule has 5 nitrogen and oxygen atoms in total. The fourth-order valence-electron chi connectivity index (χ4n) is 4.34. The van der Waals surface area contributed by atoms with E-state index in [1.54, 1.807) is 7.11 Å². The summed E-state index contributed by atoms with van der Waals surface area (Å²) in [6.45, 7) is 3.86. The van der Waals surface area contributed by atoms with Gasteiger partial charge in [0.15, 0.2) is 0 Å². The number of methoxy groups -OCH3 is 1. The zero-order valence-electron chi connectivity index (χ0n) is 15.8. The number of benzene rings is 2. The summed E-state index contributed by atoms with van der Waals surface area (Å²) in [4.78, 5) is 17.8. The number of para-hydroxylation sites is 2. The molecule has 142 valence electrons. The van der Waals surface area contributed by atoms with Crippen LogP contribution >= 0.6 is 0 Å². The predicted octanol–water partition coefficient (Wildman–Crippen LogP) is 2.32. The minimum absolute atomic E-state index is 0.0525. The number of nitrogens with one attached hydrogen (secondary N) is 1. The molecule has 0 radical (unpaired) electrons. The van der Waals surface area contributed by atoms with Crippen LogP contribution in [0.1, 0.15) is 5.56 Å². The van der Waals surface area contributed by atoms with Crippen LogP contribution in [0.25, 0.3) is 0 Å². The van der Waals surface area contributed by atoms with Gasteiger partial charge in [-0.3, -0.25) is 4.79 Å². The lowest BCUT2D eigenvalue weighted by molar-refractivity contribution is -0.126. The Morgan fingerprint density at radius 3 is 2.70 bits per heavy atom. The Hall–Kier alpha value is -2.53. The van der Waals surface area contributed by atoms with Crippen molar-refractivity contribution >= 4 is 17.3 Å². The lowest BCUT2D eigenvalue weighted by atomic mass is 9.83. The number of ether oxygens (including phenoxy) is 1. The van der Waals surface area contributed by atoms with E-state index in [2.05, 4.69) is 63.6 Å². The topological polar surface area (TPSA) is 44.8 Å². The van der Waals surface area contributed by atoms with Crippen LogP contribution in [0, 0.1) is 5.92 Å². The van der Waals surface area contributed by atoms with E-state index < -0.39 is 0 Å². The molecule has 0 saturated carbocycles. The highest BCUT2D eigenvalue weighted by Crippen LogP contribution is 2.36. The van der Waals surface area contributed by atoms with Gasteiger partial charge in [0, 0.05) is 44.7 Å². The van der Waals surface area contributed by atoms with E-state index >= 15 is 0 Å². The molecule has 0 aliphatic carbocycles. The van der Waals surface area contributed by atoms with Crippen LogP contribution in [-0.2, 0) is 16.0 Å². The molecule has 2 aliphatic rings. The van der Waals surface area contributed by atoms with Gasteiger partial charge < -0.3 is 19.9 Å². The summed E-state index contributed by atoms with van der Waals surface area (Å²) in [5.74, 6) is 0.0785. The monoisotopic (exact) mass is 365 g/mol. The van der Waals surface area contributed by atoms with Crippen molar-refractivity contribution in [2.45, 2.75) is 12.5 Å². The SMILES string of the molecule is COCCNC(=O)[C@H]1Cc2ccccc2N2CCN(c3ccccc3)C[C@H]12. The van der Waals surface area contributed by atoms with Crippen LogP contribution in [-0.4, -0.2) is 51.8 Å². The highest BCUT2D eigenvalue weighted by molar-refractivity contribution is 5.82. The van der Waals surface area contributed by atoms with Gasteiger partial charge in [0.25, 0.3) is 0 Å². The molecule has 2 atom stereocenters. The number of hydrogen-bond acceptors (Lipinski definition) is 4. The molecule has 27 heavy (non-hydrogen) atoms. The number of nitrogens with zero attached hydrogens (tertiary/aromatic N) is 2. The minimum atomic E-state index is -0.0525. The maximum Gasteiger partial charge on any atom is 0.225 e. The number of carbonyl (C=O) groups excluding carboxylic acids is 1. The second kappa shape index (κ2) is 8.01. The van der Waals surface area contributed by atoms with Gasteiger partial charge in [0.1, 0.15) is 0 Å². The zero-order chi connectivity index (χ0) is 18.6. The molecule has 0 bridgehead atoms. The van der Waals surface area contributed by atoms with Crippen LogP contribution in [0.15, 0.2) is 54.6 Å². The van der Waals surface area contributed by atoms with Gasteiger partial charge in [0.2, 0.25) is 5.91 Å². The van der Waals surface area contributed by atoms with Crippen molar-refractivity contribution in [2.24, 2.45) is 5.92 Å². The smallest absolute Gasteiger partial charge is 0.225 e. The molecule has 0 unspecified atom stereocenters. The molecule has 2 aliphatic heterocycles. The number of anilines is 2. The van der Waals surface area contributed by atoms with Crippen LogP contribution in [0.5, 0.6) is 0 Å². The molecule has 1 N–H and O–H groups in total. The maximum absolute atomic E-state index is 13.0. The summed E-state index contributed by atoms with van der Waals surface area (Å²) in [6.07, 6.45) is 0.790. The standard InChI is InChI=1S/C22H27N3O2/c1-27-14-11-23-22(26)19-15-17-7-5-6-10-20(17)25-13-12-24(16-21(19)25)18-8-3-2-4-9-18/h2-10,19,21H,11-16H2,1H3,(H,23,26)/t19-,21+/m0/s1. The van der Waals surface area contributed by atoms with Crippen molar-refractivity contribution in [2.75, 3.05) is 49.7 Å². The van der Waals surface area contributed by atoms with Gasteiger partial charge in [-0.15, -0.1) is 0 Å². The third kappa shape index (κ3) is 3.65. The summed E-state index contributed by atoms with van der Waals surface area (Å²) in [5, 5.41) is 3.06. The van der Waals surface area contributed by atoms with Crippen LogP contribution in [0.3, 0.4) is 0 Å². The van der Waals surface area contributed by atoms with E-state index in [4.69, 9.17) is 4.74 Å². The molecule has 0 aromatic heterocycles. The second-order valence-corrected chi connectivity index (χ2v) is 7.27. The molecule has 5 heteroatoms. The van der Waals surface area contributed by atoms with Crippen molar-refractivity contribution in [3.63, 3.8) is 0 Å². The lowest BCUT2D eigenvalue weighted by Crippen LogP contribution is -2.61. The highest BCUT2D eigenvalue weighted by Gasteiger charge is 2.41. The number of carbonyl (C=O) groups is 1. The Morgan fingerprint density at radius 1 is 1.11 bits per heavy atom. The third-order valence-electron chi connectivity index (χ3n) is 5.69. The molecule has 1 fully saturated rings. The maximum atomic E-state index is 13.0. The van der Waals surface area contributed by atoms with E-state index in [1.807, 2.05) is 6.07 Å². The second-order valence-electron chi connectivity index (χ2n) is 7.27. The minimum Gasteiger partial charge on any atom is -0.383 e. The predicted molar refractivity (Wildman–Crippen MR) is 108 cm³/mol. The molecule has 1 saturated heterocycles. The fraction of sp³-hybridized carbons (Fsp3) is 0.409. The number of rotatable bonds is 5. The first kappa shape index (κ1) is 17.9. The molecule has 2 heterocycles. The normalized spacial score (nSPS) is 21.4.